The van der Waals surface area contributed by atoms with E-state index in [0.29, 0.717) is 0 Å². The Morgan fingerprint density at radius 2 is 0.688 bits per heavy atom. The number of para-hydroxylation sites is 7. The van der Waals surface area contributed by atoms with Crippen molar-refractivity contribution in [3.8, 4) is 11.4 Å². The Kier molecular flexibility index (Phi) is 9.47. The first-order valence-electron chi connectivity index (χ1n) is 27.5. The molecule has 18 rings (SSSR count). The molecule has 6 heterocycles. The van der Waals surface area contributed by atoms with Gasteiger partial charge in [-0.25, -0.2) is 0 Å². The first-order chi connectivity index (χ1) is 39.7. The minimum Gasteiger partial charge on any atom is -0.311 e. The molecule has 0 aliphatic carbocycles. The summed E-state index contributed by atoms with van der Waals surface area (Å²) in [5.41, 5.74) is 18.4. The standard InChI is InChI=1S/C72H45BN4S2Si/c1-2-19-46(20-3-1)74-62-43-47(75-56-26-9-4-21-50(56)51-22-5-10-27-57(51)75)38-41-70(62)80(71-42-39-48(44-63(71)74)76-58-28-11-6-23-52(58)53-24-7-12-29-59(53)76)68-35-16-13-30-60(68)77(61-31-14-17-36-69(61)80)49-37-40-55-67(45-49)79-66-34-18-33-65-72(66)73(55)54-25-8-15-32-64(54)78-65/h1-45H. The van der Waals surface area contributed by atoms with Gasteiger partial charge in [-0.3, -0.25) is 0 Å². The Morgan fingerprint density at radius 3 is 1.25 bits per heavy atom. The maximum atomic E-state index is 2.59. The molecular weight excluding hydrogens is 1020 g/mol. The number of anilines is 6. The summed E-state index contributed by atoms with van der Waals surface area (Å²) in [5, 5.41) is 10.5. The molecule has 0 N–H and O–H groups in total. The molecule has 0 atom stereocenters. The molecule has 4 aliphatic heterocycles. The van der Waals surface area contributed by atoms with Gasteiger partial charge < -0.3 is 18.9 Å². The Balaban J connectivity index is 0.918. The lowest BCUT2D eigenvalue weighted by molar-refractivity contribution is 1.16. The highest BCUT2D eigenvalue weighted by atomic mass is 32.2. The molecule has 12 aromatic carbocycles. The molecule has 0 unspecified atom stereocenters. The quantitative estimate of drug-likeness (QED) is 0.163. The SMILES string of the molecule is c1ccc(N2c3cc(-n4c5ccccc5c5ccccc54)ccc3[Si]3(c4ccccc4N(c4ccc5c(c4)Sc4cccc6c4B5c4ccccc4S6)c4ccccc43)c3ccc(-n4c5ccccc5c5ccccc54)cc32)cc1. The van der Waals surface area contributed by atoms with E-state index in [2.05, 4.69) is 292 Å². The lowest BCUT2D eigenvalue weighted by atomic mass is 9.36. The number of hydrogen-bond acceptors (Lipinski definition) is 4. The molecule has 14 aromatic rings. The first-order valence-corrected chi connectivity index (χ1v) is 31.2. The zero-order valence-corrected chi connectivity index (χ0v) is 45.8. The highest BCUT2D eigenvalue weighted by Crippen LogP contribution is 2.48. The summed E-state index contributed by atoms with van der Waals surface area (Å²) in [6.45, 7) is 0.183. The molecule has 0 saturated carbocycles. The highest BCUT2D eigenvalue weighted by molar-refractivity contribution is 8.01. The van der Waals surface area contributed by atoms with Crippen molar-refractivity contribution in [2.75, 3.05) is 9.80 Å². The second-order valence-electron chi connectivity index (χ2n) is 21.5. The highest BCUT2D eigenvalue weighted by Gasteiger charge is 2.54. The van der Waals surface area contributed by atoms with Gasteiger partial charge in [-0.1, -0.05) is 204 Å². The van der Waals surface area contributed by atoms with Crippen molar-refractivity contribution < 1.29 is 0 Å². The summed E-state index contributed by atoms with van der Waals surface area (Å²) in [7, 11) is -3.27. The van der Waals surface area contributed by atoms with Gasteiger partial charge in [0.05, 0.1) is 22.1 Å². The van der Waals surface area contributed by atoms with Crippen LogP contribution < -0.4 is 46.9 Å². The van der Waals surface area contributed by atoms with Gasteiger partial charge in [0.2, 0.25) is 6.71 Å². The summed E-state index contributed by atoms with van der Waals surface area (Å²) in [6, 6.07) is 104. The van der Waals surface area contributed by atoms with E-state index < -0.39 is 8.07 Å². The van der Waals surface area contributed by atoms with Gasteiger partial charge in [0.1, 0.15) is 0 Å². The van der Waals surface area contributed by atoms with E-state index in [4.69, 9.17) is 0 Å². The summed E-state index contributed by atoms with van der Waals surface area (Å²) < 4.78 is 4.96. The molecule has 4 nitrogen and oxygen atoms in total. The van der Waals surface area contributed by atoms with Crippen molar-refractivity contribution >= 4 is 153 Å². The average Bonchev–Trinajstić information content (AvgIpc) is 2.69. The maximum Gasteiger partial charge on any atom is 0.247 e. The van der Waals surface area contributed by atoms with Crippen LogP contribution in [-0.2, 0) is 0 Å². The van der Waals surface area contributed by atoms with Crippen molar-refractivity contribution in [1.29, 1.82) is 0 Å². The topological polar surface area (TPSA) is 16.3 Å². The average molecular weight is 1070 g/mol. The van der Waals surface area contributed by atoms with Gasteiger partial charge >= 0.3 is 0 Å². The Bertz CT molecular complexity index is 4650. The number of hydrogen-bond donors (Lipinski definition) is 0. The molecule has 0 bridgehead atoms. The minimum atomic E-state index is -3.27. The molecule has 80 heavy (non-hydrogen) atoms. The zero-order valence-electron chi connectivity index (χ0n) is 43.2. The third-order valence-electron chi connectivity index (χ3n) is 17.6. The van der Waals surface area contributed by atoms with Gasteiger partial charge in [0.25, 0.3) is 0 Å². The van der Waals surface area contributed by atoms with E-state index in [1.807, 2.05) is 23.5 Å². The molecule has 0 fully saturated rings. The molecule has 0 amide bonds. The molecule has 0 saturated heterocycles. The smallest absolute Gasteiger partial charge is 0.247 e. The molecule has 8 heteroatoms. The largest absolute Gasteiger partial charge is 0.311 e. The second-order valence-corrected chi connectivity index (χ2v) is 27.3. The van der Waals surface area contributed by atoms with Crippen LogP contribution in [-0.4, -0.2) is 23.9 Å². The van der Waals surface area contributed by atoms with Crippen molar-refractivity contribution in [2.45, 2.75) is 19.6 Å². The predicted molar refractivity (Wildman–Crippen MR) is 341 cm³/mol. The third kappa shape index (κ3) is 6.05. The molecule has 1 spiro atoms. The fourth-order valence-corrected chi connectivity index (χ4v) is 22.3. The number of fused-ring (bicyclic) bond motifs is 18. The maximum absolute atomic E-state index is 3.27. The van der Waals surface area contributed by atoms with Crippen LogP contribution in [0.15, 0.2) is 293 Å². The van der Waals surface area contributed by atoms with Gasteiger partial charge in [-0.2, -0.15) is 0 Å². The van der Waals surface area contributed by atoms with E-state index in [0.717, 1.165) is 17.1 Å². The van der Waals surface area contributed by atoms with Crippen LogP contribution in [0.3, 0.4) is 0 Å². The summed E-state index contributed by atoms with van der Waals surface area (Å²) in [5.74, 6) is 0. The van der Waals surface area contributed by atoms with Crippen molar-refractivity contribution in [2.24, 2.45) is 0 Å². The summed E-state index contributed by atoms with van der Waals surface area (Å²) in [4.78, 5) is 10.5. The predicted octanol–water partition coefficient (Wildman–Crippen LogP) is 14.3. The van der Waals surface area contributed by atoms with Gasteiger partial charge in [-0.15, -0.1) is 0 Å². The molecule has 0 radical (unpaired) electrons. The second kappa shape index (κ2) is 16.9. The third-order valence-corrected chi connectivity index (χ3v) is 24.8. The number of nitrogens with zero attached hydrogens (tertiary/aromatic N) is 4. The van der Waals surface area contributed by atoms with E-state index in [1.54, 1.807) is 0 Å². The van der Waals surface area contributed by atoms with E-state index >= 15 is 0 Å². The molecule has 2 aromatic heterocycles. The van der Waals surface area contributed by atoms with Gasteiger partial charge in [-0.05, 0) is 129 Å². The van der Waals surface area contributed by atoms with Gasteiger partial charge in [0.15, 0.2) is 8.07 Å². The molecule has 372 valence electrons. The molecule has 4 aliphatic rings. The molecular formula is C72H45BN4S2Si. The minimum absolute atomic E-state index is 0.183. The van der Waals surface area contributed by atoms with Crippen LogP contribution in [0, 0.1) is 0 Å². The number of benzene rings is 12. The van der Waals surface area contributed by atoms with Crippen molar-refractivity contribution in [1.82, 2.24) is 9.13 Å². The summed E-state index contributed by atoms with van der Waals surface area (Å²) >= 11 is 3.84. The van der Waals surface area contributed by atoms with E-state index in [-0.39, 0.29) is 6.71 Å². The van der Waals surface area contributed by atoms with Crippen LogP contribution in [0.2, 0.25) is 0 Å². The van der Waals surface area contributed by atoms with E-state index in [9.17, 15) is 0 Å². The van der Waals surface area contributed by atoms with Crippen LogP contribution in [0.5, 0.6) is 0 Å². The lowest BCUT2D eigenvalue weighted by Gasteiger charge is -2.50. The Morgan fingerprint density at radius 1 is 0.275 bits per heavy atom. The van der Waals surface area contributed by atoms with Crippen LogP contribution in [0.25, 0.3) is 55.0 Å². The van der Waals surface area contributed by atoms with E-state index in [1.165, 1.54) is 129 Å². The zero-order chi connectivity index (χ0) is 52.2. The Hall–Kier alpha value is -9.18. The first kappa shape index (κ1) is 44.8. The van der Waals surface area contributed by atoms with Gasteiger partial charge in [0, 0.05) is 86.6 Å². The fraction of sp³-hybridized carbons (Fsp3) is 0. The fourth-order valence-electron chi connectivity index (χ4n) is 14.5. The number of aromatic nitrogens is 2. The Labute approximate surface area is 472 Å². The van der Waals surface area contributed by atoms with Crippen LogP contribution in [0.1, 0.15) is 0 Å². The lowest BCUT2D eigenvalue weighted by Crippen LogP contribution is -2.79. The normalized spacial score (nSPS) is 14.2. The monoisotopic (exact) mass is 1070 g/mol. The van der Waals surface area contributed by atoms with Crippen LogP contribution in [0.4, 0.5) is 34.1 Å². The number of rotatable bonds is 4. The van der Waals surface area contributed by atoms with Crippen LogP contribution >= 0.6 is 23.5 Å². The summed E-state index contributed by atoms with van der Waals surface area (Å²) in [6.07, 6.45) is 0. The van der Waals surface area contributed by atoms with Crippen molar-refractivity contribution in [3.63, 3.8) is 0 Å². The van der Waals surface area contributed by atoms with Crippen molar-refractivity contribution in [3.05, 3.63) is 273 Å².